The Hall–Kier alpha value is -1.16. The lowest BCUT2D eigenvalue weighted by Crippen LogP contribution is -2.50. The molecular weight excluding hydrogens is 266 g/mol. The lowest BCUT2D eigenvalue weighted by Gasteiger charge is -2.29. The van der Waals surface area contributed by atoms with E-state index in [1.807, 2.05) is 11.9 Å². The molecule has 1 heterocycles. The lowest BCUT2D eigenvalue weighted by atomic mass is 10.00. The largest absolute Gasteiger partial charge is 0.337 e. The maximum Gasteiger partial charge on any atom is 0.235 e. The van der Waals surface area contributed by atoms with E-state index in [1.165, 1.54) is 0 Å². The molecule has 0 spiro atoms. The molecule has 2 rings (SSSR count). The number of amides is 1. The van der Waals surface area contributed by atoms with E-state index < -0.39 is 5.54 Å². The van der Waals surface area contributed by atoms with E-state index in [2.05, 4.69) is 21.6 Å². The Balaban J connectivity index is 1.68. The van der Waals surface area contributed by atoms with Gasteiger partial charge in [0, 0.05) is 39.3 Å². The highest BCUT2D eigenvalue weighted by Gasteiger charge is 2.35. The van der Waals surface area contributed by atoms with Crippen LogP contribution in [0.15, 0.2) is 0 Å². The Morgan fingerprint density at radius 3 is 2.67 bits per heavy atom. The molecule has 6 heteroatoms. The van der Waals surface area contributed by atoms with Crippen LogP contribution >= 0.6 is 0 Å². The molecule has 1 aliphatic carbocycles. The van der Waals surface area contributed by atoms with Crippen molar-refractivity contribution in [3.05, 3.63) is 0 Å². The normalized spacial score (nSPS) is 22.1. The average Bonchev–Trinajstić information content (AvgIpc) is 2.95. The predicted molar refractivity (Wildman–Crippen MR) is 81.8 cm³/mol. The minimum atomic E-state index is -0.601. The van der Waals surface area contributed by atoms with Crippen molar-refractivity contribution in [2.45, 2.75) is 31.2 Å². The molecule has 0 atom stereocenters. The van der Waals surface area contributed by atoms with Gasteiger partial charge < -0.3 is 10.6 Å². The van der Waals surface area contributed by atoms with Gasteiger partial charge in [-0.05, 0) is 32.7 Å². The topological polar surface area (TPSA) is 71.4 Å². The first kappa shape index (κ1) is 16.2. The number of piperazine rings is 1. The number of nitrogens with zero attached hydrogens (tertiary/aromatic N) is 3. The second-order valence-corrected chi connectivity index (χ2v) is 6.28. The summed E-state index contributed by atoms with van der Waals surface area (Å²) in [5, 5.41) is 15.6. The van der Waals surface area contributed by atoms with Crippen molar-refractivity contribution in [3.8, 4) is 6.07 Å². The molecule has 1 saturated heterocycles. The van der Waals surface area contributed by atoms with Crippen LogP contribution in [-0.4, -0.2) is 74.1 Å². The minimum Gasteiger partial charge on any atom is -0.337 e. The van der Waals surface area contributed by atoms with Crippen molar-refractivity contribution in [2.75, 3.05) is 52.9 Å². The van der Waals surface area contributed by atoms with Crippen LogP contribution in [0.4, 0.5) is 0 Å². The first-order valence-corrected chi connectivity index (χ1v) is 7.97. The van der Waals surface area contributed by atoms with E-state index >= 15 is 0 Å². The van der Waals surface area contributed by atoms with Gasteiger partial charge in [0.25, 0.3) is 0 Å². The molecule has 6 nitrogen and oxygen atoms in total. The van der Waals surface area contributed by atoms with Crippen LogP contribution in [0.5, 0.6) is 0 Å². The second kappa shape index (κ2) is 7.74. The highest BCUT2D eigenvalue weighted by Crippen LogP contribution is 2.28. The maximum absolute atomic E-state index is 12.1. The quantitative estimate of drug-likeness (QED) is 0.708. The molecule has 2 aliphatic rings. The molecule has 0 bridgehead atoms. The first-order chi connectivity index (χ1) is 10.1. The molecule has 1 aliphatic heterocycles. The van der Waals surface area contributed by atoms with E-state index in [0.717, 1.165) is 65.0 Å². The standard InChI is InChI=1S/C15H27N5O/c1-19(10-11-20-8-6-17-7-9-20)12-14(21)18-15(13-16)4-2-3-5-15/h17H,2-12H2,1H3,(H,18,21). The third-order valence-electron chi connectivity index (χ3n) is 4.47. The molecule has 2 fully saturated rings. The first-order valence-electron chi connectivity index (χ1n) is 7.97. The Bertz CT molecular complexity index is 380. The summed E-state index contributed by atoms with van der Waals surface area (Å²) in [5.41, 5.74) is -0.601. The van der Waals surface area contributed by atoms with Crippen molar-refractivity contribution in [1.82, 2.24) is 20.4 Å². The van der Waals surface area contributed by atoms with Crippen LogP contribution in [0.1, 0.15) is 25.7 Å². The van der Waals surface area contributed by atoms with Crippen LogP contribution in [0.25, 0.3) is 0 Å². The van der Waals surface area contributed by atoms with Crippen LogP contribution in [0.3, 0.4) is 0 Å². The summed E-state index contributed by atoms with van der Waals surface area (Å²) in [6, 6.07) is 2.30. The van der Waals surface area contributed by atoms with Gasteiger partial charge in [0.05, 0.1) is 12.6 Å². The van der Waals surface area contributed by atoms with Gasteiger partial charge in [-0.2, -0.15) is 5.26 Å². The molecule has 1 amide bonds. The van der Waals surface area contributed by atoms with Gasteiger partial charge in [0.15, 0.2) is 0 Å². The van der Waals surface area contributed by atoms with Gasteiger partial charge in [0.1, 0.15) is 5.54 Å². The fraction of sp³-hybridized carbons (Fsp3) is 0.867. The molecule has 0 aromatic rings. The summed E-state index contributed by atoms with van der Waals surface area (Å²) in [5.74, 6) is -0.0266. The number of carbonyl (C=O) groups excluding carboxylic acids is 1. The van der Waals surface area contributed by atoms with E-state index in [1.54, 1.807) is 0 Å². The zero-order valence-corrected chi connectivity index (χ0v) is 13.0. The third kappa shape index (κ3) is 4.95. The molecule has 21 heavy (non-hydrogen) atoms. The smallest absolute Gasteiger partial charge is 0.235 e. The van der Waals surface area contributed by atoms with Gasteiger partial charge in [-0.3, -0.25) is 14.6 Å². The Morgan fingerprint density at radius 1 is 1.38 bits per heavy atom. The Labute approximate surface area is 127 Å². The molecule has 0 aromatic carbocycles. The Morgan fingerprint density at radius 2 is 2.05 bits per heavy atom. The van der Waals surface area contributed by atoms with E-state index in [9.17, 15) is 10.1 Å². The minimum absolute atomic E-state index is 0.0266. The van der Waals surface area contributed by atoms with Gasteiger partial charge in [0.2, 0.25) is 5.91 Å². The van der Waals surface area contributed by atoms with Crippen molar-refractivity contribution < 1.29 is 4.79 Å². The van der Waals surface area contributed by atoms with E-state index in [-0.39, 0.29) is 5.91 Å². The number of rotatable bonds is 6. The van der Waals surface area contributed by atoms with Crippen LogP contribution in [-0.2, 0) is 4.79 Å². The highest BCUT2D eigenvalue weighted by molar-refractivity contribution is 5.79. The summed E-state index contributed by atoms with van der Waals surface area (Å²) in [4.78, 5) is 16.6. The zero-order valence-electron chi connectivity index (χ0n) is 13.0. The third-order valence-corrected chi connectivity index (χ3v) is 4.47. The number of likely N-dealkylation sites (N-methyl/N-ethyl adjacent to an activating group) is 1. The maximum atomic E-state index is 12.1. The molecular formula is C15H27N5O. The highest BCUT2D eigenvalue weighted by atomic mass is 16.2. The zero-order chi connectivity index (χ0) is 15.1. The summed E-state index contributed by atoms with van der Waals surface area (Å²) in [6.07, 6.45) is 3.65. The summed E-state index contributed by atoms with van der Waals surface area (Å²) >= 11 is 0. The van der Waals surface area contributed by atoms with E-state index in [4.69, 9.17) is 0 Å². The second-order valence-electron chi connectivity index (χ2n) is 6.28. The van der Waals surface area contributed by atoms with Crippen molar-refractivity contribution in [2.24, 2.45) is 0 Å². The molecule has 0 aromatic heterocycles. The van der Waals surface area contributed by atoms with E-state index in [0.29, 0.717) is 6.54 Å². The number of hydrogen-bond acceptors (Lipinski definition) is 5. The lowest BCUT2D eigenvalue weighted by molar-refractivity contribution is -0.123. The summed E-state index contributed by atoms with van der Waals surface area (Å²) < 4.78 is 0. The van der Waals surface area contributed by atoms with Gasteiger partial charge >= 0.3 is 0 Å². The van der Waals surface area contributed by atoms with Gasteiger partial charge in [-0.1, -0.05) is 0 Å². The van der Waals surface area contributed by atoms with Crippen molar-refractivity contribution in [3.63, 3.8) is 0 Å². The van der Waals surface area contributed by atoms with Crippen LogP contribution in [0, 0.1) is 11.3 Å². The number of nitrogens with one attached hydrogen (secondary N) is 2. The summed E-state index contributed by atoms with van der Waals surface area (Å²) in [7, 11) is 1.97. The van der Waals surface area contributed by atoms with Crippen molar-refractivity contribution in [1.29, 1.82) is 5.26 Å². The fourth-order valence-electron chi connectivity index (χ4n) is 3.12. The van der Waals surface area contributed by atoms with Crippen molar-refractivity contribution >= 4 is 5.91 Å². The molecule has 2 N–H and O–H groups in total. The van der Waals surface area contributed by atoms with Gasteiger partial charge in [-0.15, -0.1) is 0 Å². The number of hydrogen-bond donors (Lipinski definition) is 2. The van der Waals surface area contributed by atoms with Gasteiger partial charge in [-0.25, -0.2) is 0 Å². The average molecular weight is 293 g/mol. The fourth-order valence-corrected chi connectivity index (χ4v) is 3.12. The van der Waals surface area contributed by atoms with Crippen LogP contribution < -0.4 is 10.6 Å². The molecule has 0 radical (unpaired) electrons. The molecule has 0 unspecified atom stereocenters. The molecule has 118 valence electrons. The monoisotopic (exact) mass is 293 g/mol. The predicted octanol–water partition coefficient (Wildman–Crippen LogP) is -0.224. The number of nitriles is 1. The Kier molecular flexibility index (Phi) is 5.97. The SMILES string of the molecule is CN(CCN1CCNCC1)CC(=O)NC1(C#N)CCCC1. The van der Waals surface area contributed by atoms with Crippen LogP contribution in [0.2, 0.25) is 0 Å². The molecule has 1 saturated carbocycles. The summed E-state index contributed by atoms with van der Waals surface area (Å²) in [6.45, 7) is 6.51. The number of carbonyl (C=O) groups is 1.